The van der Waals surface area contributed by atoms with E-state index < -0.39 is 0 Å². The molecule has 0 heterocycles. The first-order valence-electron chi connectivity index (χ1n) is 3.73. The Bertz CT molecular complexity index is 261. The molecule has 0 saturated heterocycles. The van der Waals surface area contributed by atoms with Crippen LogP contribution in [0.3, 0.4) is 0 Å². The predicted molar refractivity (Wildman–Crippen MR) is 49.5 cm³/mol. The molecule has 0 saturated carbocycles. The quantitative estimate of drug-likeness (QED) is 0.731. The Morgan fingerprint density at radius 1 is 1.31 bits per heavy atom. The maximum Gasteiger partial charge on any atom is 0.0842 e. The Morgan fingerprint density at radius 3 is 2.23 bits per heavy atom. The summed E-state index contributed by atoms with van der Waals surface area (Å²) in [5.41, 5.74) is 0.840. The molecule has 1 aromatic rings. The van der Waals surface area contributed by atoms with Crippen LogP contribution in [0.5, 0.6) is 0 Å². The summed E-state index contributed by atoms with van der Waals surface area (Å²) in [5.74, 6) is -0.226. The average molecular weight is 250 g/mol. The van der Waals surface area contributed by atoms with Gasteiger partial charge < -0.3 is 23.5 Å². The maximum absolute atomic E-state index is 11.0. The zero-order valence-electron chi connectivity index (χ0n) is 7.44. The molecule has 0 aromatic heterocycles. The van der Waals surface area contributed by atoms with Gasteiger partial charge in [-0.25, -0.2) is 0 Å². The molecule has 0 bridgehead atoms. The number of carbonyl (C=O) groups excluding carboxylic acids is 1. The van der Waals surface area contributed by atoms with E-state index in [9.17, 15) is 4.79 Å². The van der Waals surface area contributed by atoms with Crippen LogP contribution in [0.2, 0.25) is 0 Å². The molecule has 1 aromatic carbocycles. The third-order valence-electron chi connectivity index (χ3n) is 1.59. The van der Waals surface area contributed by atoms with Gasteiger partial charge in [-0.3, -0.25) is 0 Å². The molecular weight excluding hydrogens is 239 g/mol. The van der Waals surface area contributed by atoms with E-state index >= 15 is 0 Å². The minimum Gasteiger partial charge on any atom is -0.368 e. The van der Waals surface area contributed by atoms with Crippen LogP contribution in [0, 0.1) is 13.8 Å². The topological polar surface area (TPSA) is 20.3 Å². The fourth-order valence-corrected chi connectivity index (χ4v) is 1.01. The number of hydrogen-bond acceptors (Lipinski definition) is 1. The van der Waals surface area contributed by atoms with E-state index in [0.29, 0.717) is 6.54 Å². The summed E-state index contributed by atoms with van der Waals surface area (Å²) in [6, 6.07) is 9.36. The Labute approximate surface area is 104 Å². The van der Waals surface area contributed by atoms with Crippen molar-refractivity contribution in [1.82, 2.24) is 0 Å². The minimum atomic E-state index is -0.226. The van der Waals surface area contributed by atoms with E-state index in [1.165, 1.54) is 4.90 Å². The van der Waals surface area contributed by atoms with Crippen molar-refractivity contribution in [1.29, 1.82) is 0 Å². The Hall–Kier alpha value is -0.336. The zero-order valence-corrected chi connectivity index (χ0v) is 10.3. The molecule has 1 rings (SSSR count). The average Bonchev–Trinajstić information content (AvgIpc) is 2.07. The smallest absolute Gasteiger partial charge is 0.0842 e. The maximum atomic E-state index is 11.0. The Balaban J connectivity index is 0.00000144. The third kappa shape index (κ3) is 3.49. The second kappa shape index (κ2) is 6.17. The van der Waals surface area contributed by atoms with Crippen LogP contribution in [0.1, 0.15) is 0 Å². The number of carbonyl (C=O) groups is 1. The van der Waals surface area contributed by atoms with Gasteiger partial charge in [0.15, 0.2) is 0 Å². The molecule has 0 aliphatic rings. The van der Waals surface area contributed by atoms with Crippen molar-refractivity contribution in [3.05, 3.63) is 44.2 Å². The molecule has 67 valence electrons. The van der Waals surface area contributed by atoms with Gasteiger partial charge in [-0.05, 0) is 12.1 Å². The molecule has 0 aliphatic heterocycles. The summed E-state index contributed by atoms with van der Waals surface area (Å²) in [6.07, 6.45) is 0. The largest absolute Gasteiger partial charge is 0.368 e. The number of nitrogens with zero attached hydrogens (tertiary/aromatic N) is 1. The van der Waals surface area contributed by atoms with Gasteiger partial charge in [0, 0.05) is 38.4 Å². The van der Waals surface area contributed by atoms with Crippen LogP contribution in [-0.4, -0.2) is 12.5 Å². The summed E-state index contributed by atoms with van der Waals surface area (Å²) < 4.78 is 0. The third-order valence-corrected chi connectivity index (χ3v) is 1.59. The van der Waals surface area contributed by atoms with Crippen molar-refractivity contribution in [3.8, 4) is 0 Å². The zero-order chi connectivity index (χ0) is 8.97. The molecular formula is C10H11NOY-2. The van der Waals surface area contributed by atoms with Crippen molar-refractivity contribution >= 4 is 11.6 Å². The van der Waals surface area contributed by atoms with Crippen molar-refractivity contribution in [3.63, 3.8) is 0 Å². The van der Waals surface area contributed by atoms with Crippen LogP contribution in [0.4, 0.5) is 5.69 Å². The number of anilines is 1. The van der Waals surface area contributed by atoms with Crippen LogP contribution in [-0.2, 0) is 37.5 Å². The number of benzene rings is 1. The predicted octanol–water partition coefficient (Wildman–Crippen LogP) is 1.69. The number of amides is 1. The van der Waals surface area contributed by atoms with E-state index in [-0.39, 0.29) is 38.6 Å². The van der Waals surface area contributed by atoms with Gasteiger partial charge in [0.2, 0.25) is 0 Å². The van der Waals surface area contributed by atoms with Gasteiger partial charge in [0.1, 0.15) is 0 Å². The molecule has 1 radical (unpaired) electrons. The number of para-hydroxylation sites is 1. The molecule has 13 heavy (non-hydrogen) atoms. The van der Waals surface area contributed by atoms with Crippen molar-refractivity contribution in [2.75, 3.05) is 11.4 Å². The molecule has 0 N–H and O–H groups in total. The monoisotopic (exact) mass is 250 g/mol. The van der Waals surface area contributed by atoms with Crippen LogP contribution in [0.25, 0.3) is 0 Å². The second-order valence-electron chi connectivity index (χ2n) is 2.38. The Morgan fingerprint density at radius 2 is 1.85 bits per heavy atom. The summed E-state index contributed by atoms with van der Waals surface area (Å²) in [7, 11) is 0. The summed E-state index contributed by atoms with van der Waals surface area (Å²) in [4.78, 5) is 12.5. The number of hydrogen-bond donors (Lipinski definition) is 0. The van der Waals surface area contributed by atoms with Crippen molar-refractivity contribution < 1.29 is 37.5 Å². The molecule has 3 heteroatoms. The first-order chi connectivity index (χ1) is 5.75. The molecule has 0 aliphatic carbocycles. The summed E-state index contributed by atoms with van der Waals surface area (Å²) >= 11 is 0. The Kier molecular flexibility index (Phi) is 6.01. The van der Waals surface area contributed by atoms with E-state index in [4.69, 9.17) is 0 Å². The fourth-order valence-electron chi connectivity index (χ4n) is 1.01. The molecule has 1 amide bonds. The van der Waals surface area contributed by atoms with Gasteiger partial charge in [0.05, 0.1) is 5.91 Å². The van der Waals surface area contributed by atoms with Crippen LogP contribution in [0.15, 0.2) is 30.3 Å². The van der Waals surface area contributed by atoms with Crippen LogP contribution >= 0.6 is 0 Å². The van der Waals surface area contributed by atoms with E-state index in [1.807, 2.05) is 30.3 Å². The summed E-state index contributed by atoms with van der Waals surface area (Å²) in [5, 5.41) is 0. The van der Waals surface area contributed by atoms with Crippen molar-refractivity contribution in [2.24, 2.45) is 0 Å². The van der Waals surface area contributed by atoms with Crippen molar-refractivity contribution in [2.45, 2.75) is 0 Å². The van der Waals surface area contributed by atoms with Gasteiger partial charge in [-0.15, -0.1) is 6.54 Å². The van der Waals surface area contributed by atoms with Crippen LogP contribution < -0.4 is 4.90 Å². The number of rotatable bonds is 2. The molecule has 0 spiro atoms. The molecule has 0 unspecified atom stereocenters. The molecule has 2 nitrogen and oxygen atoms in total. The minimum absolute atomic E-state index is 0. The summed E-state index contributed by atoms with van der Waals surface area (Å²) in [6.45, 7) is 7.39. The fraction of sp³-hybridized carbons (Fsp3) is 0.100. The normalized spacial score (nSPS) is 8.69. The van der Waals surface area contributed by atoms with E-state index in [1.54, 1.807) is 0 Å². The first-order valence-corrected chi connectivity index (χ1v) is 3.73. The first kappa shape index (κ1) is 12.7. The molecule has 0 fully saturated rings. The van der Waals surface area contributed by atoms with E-state index in [0.717, 1.165) is 5.69 Å². The standard InChI is InChI=1S/C10H11NO.Y/c1-3-11(9(2)12)10-7-5-4-6-8-10;/h4-8H,1-3H2;/q-2;. The van der Waals surface area contributed by atoms with Gasteiger partial charge in [0.25, 0.3) is 0 Å². The second-order valence-corrected chi connectivity index (χ2v) is 2.38. The molecule has 0 atom stereocenters. The van der Waals surface area contributed by atoms with Gasteiger partial charge >= 0.3 is 0 Å². The van der Waals surface area contributed by atoms with Gasteiger partial charge in [-0.2, -0.15) is 0 Å². The van der Waals surface area contributed by atoms with Gasteiger partial charge in [-0.1, -0.05) is 18.2 Å². The SMILES string of the molecule is [CH2-]CN(C([CH2-])=O)c1ccccc1.[Y]. The van der Waals surface area contributed by atoms with E-state index in [2.05, 4.69) is 13.8 Å².